The number of nitriles is 1. The molecule has 1 saturated carbocycles. The third-order valence-corrected chi connectivity index (χ3v) is 5.57. The molecule has 1 aliphatic carbocycles. The lowest BCUT2D eigenvalue weighted by Gasteiger charge is -2.33. The molecule has 3 N–H and O–H groups in total. The van der Waals surface area contributed by atoms with E-state index >= 15 is 0 Å². The average Bonchev–Trinajstić information content (AvgIpc) is 2.83. The minimum Gasteiger partial charge on any atom is -0.350 e. The second-order valence-electron chi connectivity index (χ2n) is 7.99. The molecule has 3 rings (SSSR count). The zero-order valence-corrected chi connectivity index (χ0v) is 18.1. The van der Waals surface area contributed by atoms with Gasteiger partial charge < -0.3 is 16.0 Å². The van der Waals surface area contributed by atoms with Gasteiger partial charge in [-0.3, -0.25) is 14.4 Å². The minimum atomic E-state index is -4.58. The molecule has 10 heteroatoms. The highest BCUT2D eigenvalue weighted by Gasteiger charge is 2.31. The van der Waals surface area contributed by atoms with Gasteiger partial charge in [0.2, 0.25) is 5.91 Å². The van der Waals surface area contributed by atoms with Crippen LogP contribution in [0, 0.1) is 11.3 Å². The second-order valence-corrected chi connectivity index (χ2v) is 7.99. The predicted molar refractivity (Wildman–Crippen MR) is 117 cm³/mol. The Hall–Kier alpha value is -3.87. The molecule has 1 fully saturated rings. The maximum absolute atomic E-state index is 12.8. The highest BCUT2D eigenvalue weighted by Crippen LogP contribution is 2.29. The lowest BCUT2D eigenvalue weighted by Crippen LogP contribution is -2.54. The fraction of sp³-hybridized carbons (Fsp3) is 0.333. The topological polar surface area (TPSA) is 111 Å². The SMILES string of the molecule is N#Cc1ccc(C(=O)N[C@@H]2CCCC[C@@H]2NC(=O)CNC(=O)c2cccc(C(F)(F)F)c2)cc1. The molecular weight excluding hydrogens is 449 g/mol. The van der Waals surface area contributed by atoms with E-state index in [9.17, 15) is 27.6 Å². The zero-order chi connectivity index (χ0) is 24.7. The molecule has 2 aromatic rings. The number of nitrogens with zero attached hydrogens (tertiary/aromatic N) is 1. The minimum absolute atomic E-state index is 0.201. The normalized spacial score (nSPS) is 17.8. The van der Waals surface area contributed by atoms with Gasteiger partial charge in [0.25, 0.3) is 11.8 Å². The van der Waals surface area contributed by atoms with Crippen molar-refractivity contribution in [1.82, 2.24) is 16.0 Å². The van der Waals surface area contributed by atoms with Gasteiger partial charge in [-0.1, -0.05) is 18.9 Å². The lowest BCUT2D eigenvalue weighted by molar-refractivity contribution is -0.137. The van der Waals surface area contributed by atoms with Crippen molar-refractivity contribution in [2.75, 3.05) is 6.54 Å². The number of benzene rings is 2. The Balaban J connectivity index is 1.54. The molecule has 0 saturated heterocycles. The van der Waals surface area contributed by atoms with Crippen LogP contribution < -0.4 is 16.0 Å². The third-order valence-electron chi connectivity index (χ3n) is 5.57. The predicted octanol–water partition coefficient (Wildman–Crippen LogP) is 3.16. The van der Waals surface area contributed by atoms with Crippen LogP contribution in [0.4, 0.5) is 13.2 Å². The quantitative estimate of drug-likeness (QED) is 0.600. The van der Waals surface area contributed by atoms with Gasteiger partial charge >= 0.3 is 6.18 Å². The van der Waals surface area contributed by atoms with Crippen LogP contribution >= 0.6 is 0 Å². The van der Waals surface area contributed by atoms with Gasteiger partial charge in [-0.15, -0.1) is 0 Å². The first-order valence-electron chi connectivity index (χ1n) is 10.7. The molecule has 1 aliphatic rings. The van der Waals surface area contributed by atoms with E-state index in [2.05, 4.69) is 16.0 Å². The van der Waals surface area contributed by atoms with Crippen LogP contribution in [0.25, 0.3) is 0 Å². The Morgan fingerprint density at radius 2 is 1.56 bits per heavy atom. The number of rotatable bonds is 6. The van der Waals surface area contributed by atoms with Crippen molar-refractivity contribution < 1.29 is 27.6 Å². The Bertz CT molecular complexity index is 1090. The van der Waals surface area contributed by atoms with Gasteiger partial charge in [-0.25, -0.2) is 0 Å². The number of hydrogen-bond donors (Lipinski definition) is 3. The van der Waals surface area contributed by atoms with E-state index in [1.165, 1.54) is 6.07 Å². The van der Waals surface area contributed by atoms with Crippen LogP contribution in [0.2, 0.25) is 0 Å². The van der Waals surface area contributed by atoms with Gasteiger partial charge in [-0.2, -0.15) is 18.4 Å². The lowest BCUT2D eigenvalue weighted by atomic mass is 9.90. The standard InChI is InChI=1S/C24H23F3N4O3/c25-24(26,27)18-5-3-4-17(12-18)22(33)29-14-21(32)30-19-6-1-2-7-20(19)31-23(34)16-10-8-15(13-28)9-11-16/h3-5,8-12,19-20H,1-2,6-7,14H2,(H,29,33)(H,30,32)(H,31,34)/t19-,20+/m0/s1. The molecular formula is C24H23F3N4O3. The molecule has 0 spiro atoms. The van der Waals surface area contributed by atoms with Crippen LogP contribution in [0.5, 0.6) is 0 Å². The monoisotopic (exact) mass is 472 g/mol. The molecule has 0 aliphatic heterocycles. The molecule has 3 amide bonds. The van der Waals surface area contributed by atoms with E-state index in [-0.39, 0.29) is 23.6 Å². The van der Waals surface area contributed by atoms with Crippen molar-refractivity contribution in [1.29, 1.82) is 5.26 Å². The van der Waals surface area contributed by atoms with Gasteiger partial charge in [0, 0.05) is 23.2 Å². The Morgan fingerprint density at radius 3 is 2.18 bits per heavy atom. The Morgan fingerprint density at radius 1 is 0.912 bits per heavy atom. The number of carbonyl (C=O) groups excluding carboxylic acids is 3. The third kappa shape index (κ3) is 6.57. The highest BCUT2D eigenvalue weighted by atomic mass is 19.4. The average molecular weight is 472 g/mol. The van der Waals surface area contributed by atoms with Crippen molar-refractivity contribution in [2.45, 2.75) is 43.9 Å². The summed E-state index contributed by atoms with van der Waals surface area (Å²) < 4.78 is 38.5. The molecule has 0 aromatic heterocycles. The summed E-state index contributed by atoms with van der Waals surface area (Å²) in [6.45, 7) is -0.415. The summed E-state index contributed by atoms with van der Waals surface area (Å²) in [5.41, 5.74) is -0.324. The molecule has 2 atom stereocenters. The first-order chi connectivity index (χ1) is 16.2. The summed E-state index contributed by atoms with van der Waals surface area (Å²) in [6, 6.07) is 11.4. The van der Waals surface area contributed by atoms with Gasteiger partial charge in [0.05, 0.1) is 23.7 Å². The van der Waals surface area contributed by atoms with Crippen molar-refractivity contribution in [2.24, 2.45) is 0 Å². The molecule has 34 heavy (non-hydrogen) atoms. The van der Waals surface area contributed by atoms with E-state index in [0.29, 0.717) is 24.0 Å². The summed E-state index contributed by atoms with van der Waals surface area (Å²) in [7, 11) is 0. The van der Waals surface area contributed by atoms with E-state index in [1.807, 2.05) is 6.07 Å². The molecule has 7 nitrogen and oxygen atoms in total. The molecule has 0 bridgehead atoms. The summed E-state index contributed by atoms with van der Waals surface area (Å²) in [5, 5.41) is 16.9. The van der Waals surface area contributed by atoms with E-state index in [4.69, 9.17) is 5.26 Å². The Labute approximate surface area is 194 Å². The zero-order valence-electron chi connectivity index (χ0n) is 18.1. The van der Waals surface area contributed by atoms with E-state index < -0.39 is 30.1 Å². The van der Waals surface area contributed by atoms with Crippen LogP contribution in [-0.2, 0) is 11.0 Å². The highest BCUT2D eigenvalue weighted by molar-refractivity contribution is 5.97. The number of nitrogens with one attached hydrogen (secondary N) is 3. The van der Waals surface area contributed by atoms with Crippen LogP contribution in [0.1, 0.15) is 57.5 Å². The molecule has 0 radical (unpaired) electrons. The van der Waals surface area contributed by atoms with Gasteiger partial charge in [0.1, 0.15) is 0 Å². The molecule has 0 heterocycles. The van der Waals surface area contributed by atoms with E-state index in [1.54, 1.807) is 24.3 Å². The number of amides is 3. The summed E-state index contributed by atoms with van der Waals surface area (Å²) in [4.78, 5) is 37.2. The number of halogens is 3. The molecule has 178 valence electrons. The summed E-state index contributed by atoms with van der Waals surface area (Å²) in [5.74, 6) is -1.63. The fourth-order valence-electron chi connectivity index (χ4n) is 3.78. The van der Waals surface area contributed by atoms with Crippen LogP contribution in [0.3, 0.4) is 0 Å². The first kappa shape index (κ1) is 24.8. The summed E-state index contributed by atoms with van der Waals surface area (Å²) in [6.07, 6.45) is -1.57. The molecule has 2 aromatic carbocycles. The van der Waals surface area contributed by atoms with Crippen LogP contribution in [-0.4, -0.2) is 36.3 Å². The number of alkyl halides is 3. The first-order valence-corrected chi connectivity index (χ1v) is 10.7. The van der Waals surface area contributed by atoms with E-state index in [0.717, 1.165) is 31.0 Å². The van der Waals surface area contributed by atoms with Crippen LogP contribution in [0.15, 0.2) is 48.5 Å². The van der Waals surface area contributed by atoms with Crippen molar-refractivity contribution >= 4 is 17.7 Å². The number of carbonyl (C=O) groups is 3. The van der Waals surface area contributed by atoms with Gasteiger partial charge in [0.15, 0.2) is 0 Å². The number of hydrogen-bond acceptors (Lipinski definition) is 4. The molecule has 0 unspecified atom stereocenters. The Kier molecular flexibility index (Phi) is 7.89. The second kappa shape index (κ2) is 10.8. The fourth-order valence-corrected chi connectivity index (χ4v) is 3.78. The van der Waals surface area contributed by atoms with Gasteiger partial charge in [-0.05, 0) is 55.3 Å². The largest absolute Gasteiger partial charge is 0.416 e. The maximum Gasteiger partial charge on any atom is 0.416 e. The van der Waals surface area contributed by atoms with Crippen molar-refractivity contribution in [3.63, 3.8) is 0 Å². The van der Waals surface area contributed by atoms with Crippen molar-refractivity contribution in [3.05, 3.63) is 70.8 Å². The van der Waals surface area contributed by atoms with Crippen molar-refractivity contribution in [3.8, 4) is 6.07 Å². The summed E-state index contributed by atoms with van der Waals surface area (Å²) >= 11 is 0. The maximum atomic E-state index is 12.8. The smallest absolute Gasteiger partial charge is 0.350 e.